The standard InChI is InChI=1S/C11H19F3N4O2/c1-2-8(9(15)16-20)10(19)18-5-3-17(4-6-18)7-11(12,13)14/h8,20H,2-7H2,1H3,(H2,15,16). The van der Waals surface area contributed by atoms with E-state index in [1.54, 1.807) is 6.92 Å². The number of rotatable bonds is 4. The summed E-state index contributed by atoms with van der Waals surface area (Å²) in [5.41, 5.74) is 5.44. The minimum atomic E-state index is -4.23. The molecular weight excluding hydrogens is 277 g/mol. The first-order valence-electron chi connectivity index (χ1n) is 6.33. The molecule has 0 aromatic heterocycles. The van der Waals surface area contributed by atoms with Crippen molar-refractivity contribution in [3.63, 3.8) is 0 Å². The van der Waals surface area contributed by atoms with Gasteiger partial charge in [0.25, 0.3) is 0 Å². The van der Waals surface area contributed by atoms with Crippen molar-refractivity contribution in [2.24, 2.45) is 16.8 Å². The van der Waals surface area contributed by atoms with Gasteiger partial charge in [0.1, 0.15) is 0 Å². The minimum Gasteiger partial charge on any atom is -0.409 e. The Balaban J connectivity index is 2.54. The molecule has 0 bridgehead atoms. The number of carbonyl (C=O) groups excluding carboxylic acids is 1. The van der Waals surface area contributed by atoms with Gasteiger partial charge in [0.15, 0.2) is 5.84 Å². The zero-order valence-electron chi connectivity index (χ0n) is 11.2. The molecule has 1 atom stereocenters. The predicted octanol–water partition coefficient (Wildman–Crippen LogP) is 0.465. The third-order valence-electron chi connectivity index (χ3n) is 3.27. The largest absolute Gasteiger partial charge is 0.409 e. The maximum absolute atomic E-state index is 12.2. The summed E-state index contributed by atoms with van der Waals surface area (Å²) in [6.45, 7) is 1.51. The Labute approximate surface area is 115 Å². The van der Waals surface area contributed by atoms with Crippen molar-refractivity contribution in [1.82, 2.24) is 9.80 Å². The minimum absolute atomic E-state index is 0.165. The van der Waals surface area contributed by atoms with E-state index >= 15 is 0 Å². The summed E-state index contributed by atoms with van der Waals surface area (Å²) in [6.07, 6.45) is -3.86. The molecule has 0 aliphatic carbocycles. The quantitative estimate of drug-likeness (QED) is 0.342. The average molecular weight is 296 g/mol. The molecule has 0 aromatic rings. The number of piperazine rings is 1. The maximum Gasteiger partial charge on any atom is 0.401 e. The Kier molecular flexibility index (Phi) is 5.61. The second-order valence-corrected chi connectivity index (χ2v) is 4.70. The highest BCUT2D eigenvalue weighted by Gasteiger charge is 2.34. The number of hydrogen-bond acceptors (Lipinski definition) is 4. The molecule has 20 heavy (non-hydrogen) atoms. The van der Waals surface area contributed by atoms with E-state index in [-0.39, 0.29) is 37.9 Å². The second-order valence-electron chi connectivity index (χ2n) is 4.70. The first-order chi connectivity index (χ1) is 9.28. The first kappa shape index (κ1) is 16.5. The first-order valence-corrected chi connectivity index (χ1v) is 6.33. The molecule has 116 valence electrons. The van der Waals surface area contributed by atoms with Crippen LogP contribution in [0.5, 0.6) is 0 Å². The molecular formula is C11H19F3N4O2. The van der Waals surface area contributed by atoms with Crippen LogP contribution in [-0.4, -0.2) is 65.6 Å². The number of oxime groups is 1. The zero-order valence-corrected chi connectivity index (χ0v) is 11.2. The van der Waals surface area contributed by atoms with Gasteiger partial charge in [0, 0.05) is 26.2 Å². The molecule has 1 amide bonds. The number of nitrogens with two attached hydrogens (primary N) is 1. The summed E-state index contributed by atoms with van der Waals surface area (Å²) in [7, 11) is 0. The van der Waals surface area contributed by atoms with Crippen LogP contribution < -0.4 is 5.73 Å². The molecule has 0 spiro atoms. The van der Waals surface area contributed by atoms with Crippen molar-refractivity contribution in [2.45, 2.75) is 19.5 Å². The van der Waals surface area contributed by atoms with Crippen LogP contribution in [0.1, 0.15) is 13.3 Å². The predicted molar refractivity (Wildman–Crippen MR) is 66.3 cm³/mol. The van der Waals surface area contributed by atoms with Gasteiger partial charge >= 0.3 is 6.18 Å². The lowest BCUT2D eigenvalue weighted by Gasteiger charge is -2.36. The van der Waals surface area contributed by atoms with Crippen molar-refractivity contribution in [3.05, 3.63) is 0 Å². The fraction of sp³-hybridized carbons (Fsp3) is 0.818. The van der Waals surface area contributed by atoms with E-state index in [4.69, 9.17) is 10.9 Å². The number of amidine groups is 1. The van der Waals surface area contributed by atoms with E-state index in [9.17, 15) is 18.0 Å². The Morgan fingerprint density at radius 3 is 2.30 bits per heavy atom. The summed E-state index contributed by atoms with van der Waals surface area (Å²) in [4.78, 5) is 14.9. The fourth-order valence-electron chi connectivity index (χ4n) is 2.18. The van der Waals surface area contributed by atoms with Crippen LogP contribution in [0.25, 0.3) is 0 Å². The van der Waals surface area contributed by atoms with Crippen molar-refractivity contribution in [3.8, 4) is 0 Å². The number of nitrogens with zero attached hydrogens (tertiary/aromatic N) is 3. The van der Waals surface area contributed by atoms with Gasteiger partial charge in [-0.2, -0.15) is 13.2 Å². The fourth-order valence-corrected chi connectivity index (χ4v) is 2.18. The molecule has 1 unspecified atom stereocenters. The highest BCUT2D eigenvalue weighted by Crippen LogP contribution is 2.18. The van der Waals surface area contributed by atoms with Crippen molar-refractivity contribution in [1.29, 1.82) is 0 Å². The van der Waals surface area contributed by atoms with Gasteiger partial charge in [-0.15, -0.1) is 0 Å². The van der Waals surface area contributed by atoms with Gasteiger partial charge in [0.05, 0.1) is 12.5 Å². The Morgan fingerprint density at radius 1 is 1.35 bits per heavy atom. The summed E-state index contributed by atoms with van der Waals surface area (Å²) in [5, 5.41) is 11.4. The molecule has 0 aromatic carbocycles. The van der Waals surface area contributed by atoms with Gasteiger partial charge in [-0.05, 0) is 6.42 Å². The SMILES string of the molecule is CCC(C(=O)N1CCN(CC(F)(F)F)CC1)C(N)=NO. The molecule has 1 saturated heterocycles. The Morgan fingerprint density at radius 2 is 1.90 bits per heavy atom. The molecule has 6 nitrogen and oxygen atoms in total. The smallest absolute Gasteiger partial charge is 0.401 e. The van der Waals surface area contributed by atoms with Crippen LogP contribution in [-0.2, 0) is 4.79 Å². The molecule has 9 heteroatoms. The average Bonchev–Trinajstić information content (AvgIpc) is 2.38. The third kappa shape index (κ3) is 4.55. The molecule has 3 N–H and O–H groups in total. The van der Waals surface area contributed by atoms with Crippen molar-refractivity contribution >= 4 is 11.7 Å². The van der Waals surface area contributed by atoms with E-state index < -0.39 is 18.6 Å². The summed E-state index contributed by atoms with van der Waals surface area (Å²) in [6, 6.07) is 0. The third-order valence-corrected chi connectivity index (χ3v) is 3.27. The molecule has 1 fully saturated rings. The molecule has 1 rings (SSSR count). The van der Waals surface area contributed by atoms with Crippen LogP contribution in [0, 0.1) is 5.92 Å². The highest BCUT2D eigenvalue weighted by atomic mass is 19.4. The lowest BCUT2D eigenvalue weighted by atomic mass is 10.0. The van der Waals surface area contributed by atoms with Crippen LogP contribution >= 0.6 is 0 Å². The number of halogens is 3. The summed E-state index contributed by atoms with van der Waals surface area (Å²) >= 11 is 0. The van der Waals surface area contributed by atoms with Gasteiger partial charge in [0.2, 0.25) is 5.91 Å². The van der Waals surface area contributed by atoms with Gasteiger partial charge in [-0.25, -0.2) is 0 Å². The number of carbonyl (C=O) groups is 1. The Hall–Kier alpha value is -1.51. The van der Waals surface area contributed by atoms with Crippen LogP contribution in [0.4, 0.5) is 13.2 Å². The normalized spacial score (nSPS) is 20.0. The van der Waals surface area contributed by atoms with Gasteiger partial charge in [-0.3, -0.25) is 9.69 Å². The summed E-state index contributed by atoms with van der Waals surface area (Å²) < 4.78 is 36.7. The molecule has 1 aliphatic heterocycles. The molecule has 0 saturated carbocycles. The van der Waals surface area contributed by atoms with Crippen LogP contribution in [0.3, 0.4) is 0 Å². The van der Waals surface area contributed by atoms with Crippen molar-refractivity contribution < 1.29 is 23.2 Å². The lowest BCUT2D eigenvalue weighted by molar-refractivity contribution is -0.152. The van der Waals surface area contributed by atoms with E-state index in [0.717, 1.165) is 0 Å². The Bertz CT molecular complexity index is 365. The van der Waals surface area contributed by atoms with E-state index in [1.807, 2.05) is 0 Å². The second kappa shape index (κ2) is 6.78. The lowest BCUT2D eigenvalue weighted by Crippen LogP contribution is -2.53. The maximum atomic E-state index is 12.2. The van der Waals surface area contributed by atoms with Crippen LogP contribution in [0.2, 0.25) is 0 Å². The topological polar surface area (TPSA) is 82.2 Å². The summed E-state index contributed by atoms with van der Waals surface area (Å²) in [5.74, 6) is -1.21. The van der Waals surface area contributed by atoms with E-state index in [2.05, 4.69) is 5.16 Å². The highest BCUT2D eigenvalue weighted by molar-refractivity contribution is 6.02. The van der Waals surface area contributed by atoms with Crippen molar-refractivity contribution in [2.75, 3.05) is 32.7 Å². The molecule has 0 radical (unpaired) electrons. The van der Waals surface area contributed by atoms with Gasteiger partial charge in [-0.1, -0.05) is 12.1 Å². The monoisotopic (exact) mass is 296 g/mol. The number of hydrogen-bond donors (Lipinski definition) is 2. The number of alkyl halides is 3. The van der Waals surface area contributed by atoms with E-state index in [1.165, 1.54) is 9.80 Å². The molecule has 1 aliphatic rings. The molecule has 1 heterocycles. The van der Waals surface area contributed by atoms with E-state index in [0.29, 0.717) is 6.42 Å². The van der Waals surface area contributed by atoms with Crippen LogP contribution in [0.15, 0.2) is 5.16 Å². The zero-order chi connectivity index (χ0) is 15.3. The number of amides is 1. The van der Waals surface area contributed by atoms with Gasteiger partial charge < -0.3 is 15.8 Å².